The Morgan fingerprint density at radius 3 is 2.42 bits per heavy atom. The second-order valence-corrected chi connectivity index (χ2v) is 10.3. The molecule has 0 radical (unpaired) electrons. The molecule has 1 atom stereocenters. The van der Waals surface area contributed by atoms with Gasteiger partial charge in [0.1, 0.15) is 11.5 Å². The van der Waals surface area contributed by atoms with Crippen molar-refractivity contribution in [3.63, 3.8) is 0 Å². The van der Waals surface area contributed by atoms with Gasteiger partial charge in [-0.3, -0.25) is 9.59 Å². The highest BCUT2D eigenvalue weighted by Crippen LogP contribution is 2.41. The summed E-state index contributed by atoms with van der Waals surface area (Å²) in [5.41, 5.74) is 2.22. The fraction of sp³-hybridized carbons (Fsp3) is 0.321. The number of Topliss-reactive ketones (excluding diaryl/α,β-unsaturated/α-hetero) is 1. The van der Waals surface area contributed by atoms with Crippen LogP contribution in [0.15, 0.2) is 66.8 Å². The fourth-order valence-electron chi connectivity index (χ4n) is 4.43. The first kappa shape index (κ1) is 25.5. The van der Waals surface area contributed by atoms with Crippen LogP contribution in [0, 0.1) is 0 Å². The molecule has 1 unspecified atom stereocenters. The summed E-state index contributed by atoms with van der Waals surface area (Å²) in [5.74, 6) is -1.17. The predicted molar refractivity (Wildman–Crippen MR) is 139 cm³/mol. The highest BCUT2D eigenvalue weighted by atomic mass is 35.5. The number of benzene rings is 2. The number of carbonyl (C=O) groups excluding carboxylic acids is 2. The third kappa shape index (κ3) is 5.02. The van der Waals surface area contributed by atoms with E-state index in [1.54, 1.807) is 29.6 Å². The minimum absolute atomic E-state index is 0.0485. The maximum atomic E-state index is 13.3. The predicted octanol–water partition coefficient (Wildman–Crippen LogP) is 5.35. The molecule has 2 aromatic carbocycles. The van der Waals surface area contributed by atoms with Gasteiger partial charge in [-0.15, -0.1) is 0 Å². The van der Waals surface area contributed by atoms with Crippen molar-refractivity contribution in [3.05, 3.63) is 88.5 Å². The van der Waals surface area contributed by atoms with Crippen molar-refractivity contribution in [2.75, 3.05) is 13.7 Å². The van der Waals surface area contributed by atoms with Crippen LogP contribution in [-0.2, 0) is 21.5 Å². The van der Waals surface area contributed by atoms with Crippen LogP contribution < -0.4 is 4.74 Å². The molecule has 0 bridgehead atoms. The van der Waals surface area contributed by atoms with Crippen LogP contribution in [0.25, 0.3) is 5.76 Å². The summed E-state index contributed by atoms with van der Waals surface area (Å²) in [6.45, 7) is 7.36. The lowest BCUT2D eigenvalue weighted by Gasteiger charge is -2.26. The number of carbonyl (C=O) groups is 2. The molecule has 1 amide bonds. The van der Waals surface area contributed by atoms with Crippen LogP contribution in [-0.4, -0.2) is 44.9 Å². The number of hydrogen-bond acceptors (Lipinski definition) is 5. The number of aliphatic hydroxyl groups is 1. The van der Waals surface area contributed by atoms with E-state index >= 15 is 0 Å². The van der Waals surface area contributed by atoms with Gasteiger partial charge in [-0.1, -0.05) is 56.6 Å². The average molecular weight is 508 g/mol. The molecule has 1 saturated heterocycles. The quantitative estimate of drug-likeness (QED) is 0.264. The number of halogens is 1. The van der Waals surface area contributed by atoms with Gasteiger partial charge in [-0.05, 0) is 41.2 Å². The summed E-state index contributed by atoms with van der Waals surface area (Å²) in [7, 11) is 1.50. The Morgan fingerprint density at radius 1 is 1.11 bits per heavy atom. The summed E-state index contributed by atoms with van der Waals surface area (Å²) in [6, 6.07) is 11.9. The van der Waals surface area contributed by atoms with Crippen molar-refractivity contribution in [1.82, 2.24) is 14.5 Å². The number of aryl methyl sites for hydroxylation is 1. The van der Waals surface area contributed by atoms with E-state index in [0.29, 0.717) is 35.8 Å². The number of methoxy groups -OCH3 is 1. The summed E-state index contributed by atoms with van der Waals surface area (Å²) < 4.78 is 7.12. The van der Waals surface area contributed by atoms with Crippen molar-refractivity contribution in [3.8, 4) is 5.75 Å². The third-order valence-electron chi connectivity index (χ3n) is 6.43. The van der Waals surface area contributed by atoms with Crippen molar-refractivity contribution in [2.45, 2.75) is 45.2 Å². The lowest BCUT2D eigenvalue weighted by atomic mass is 9.85. The zero-order valence-corrected chi connectivity index (χ0v) is 21.6. The molecule has 1 aromatic heterocycles. The van der Waals surface area contributed by atoms with Crippen LogP contribution in [0.5, 0.6) is 5.75 Å². The van der Waals surface area contributed by atoms with Gasteiger partial charge in [0.15, 0.2) is 0 Å². The molecule has 0 aliphatic carbocycles. The maximum Gasteiger partial charge on any atom is 0.295 e. The fourth-order valence-corrected chi connectivity index (χ4v) is 4.69. The van der Waals surface area contributed by atoms with Crippen LogP contribution in [0.2, 0.25) is 5.02 Å². The van der Waals surface area contributed by atoms with Gasteiger partial charge in [0, 0.05) is 31.0 Å². The molecule has 4 rings (SSSR count). The summed E-state index contributed by atoms with van der Waals surface area (Å²) in [5, 5.41) is 11.6. The van der Waals surface area contributed by atoms with Crippen molar-refractivity contribution >= 4 is 29.1 Å². The molecule has 188 valence electrons. The van der Waals surface area contributed by atoms with Gasteiger partial charge in [0.05, 0.1) is 30.1 Å². The number of imidazole rings is 1. The summed E-state index contributed by atoms with van der Waals surface area (Å²) >= 11 is 6.28. The Bertz CT molecular complexity index is 1290. The summed E-state index contributed by atoms with van der Waals surface area (Å²) in [4.78, 5) is 32.0. The maximum absolute atomic E-state index is 13.3. The van der Waals surface area contributed by atoms with E-state index in [0.717, 1.165) is 11.1 Å². The number of nitrogens with zero attached hydrogens (tertiary/aromatic N) is 3. The van der Waals surface area contributed by atoms with Crippen LogP contribution in [0.4, 0.5) is 0 Å². The van der Waals surface area contributed by atoms with Gasteiger partial charge in [-0.25, -0.2) is 4.98 Å². The Labute approximate surface area is 216 Å². The topological polar surface area (TPSA) is 84.7 Å². The molecule has 36 heavy (non-hydrogen) atoms. The second kappa shape index (κ2) is 10.2. The van der Waals surface area contributed by atoms with Crippen molar-refractivity contribution < 1.29 is 19.4 Å². The molecule has 1 fully saturated rings. The zero-order chi connectivity index (χ0) is 26.0. The normalized spacial score (nSPS) is 17.6. The van der Waals surface area contributed by atoms with Crippen molar-refractivity contribution in [2.24, 2.45) is 0 Å². The number of likely N-dealkylation sites (tertiary alicyclic amines) is 1. The number of aromatic nitrogens is 2. The lowest BCUT2D eigenvalue weighted by Crippen LogP contribution is -2.31. The molecule has 1 N–H and O–H groups in total. The molecule has 2 heterocycles. The van der Waals surface area contributed by atoms with Crippen LogP contribution >= 0.6 is 11.6 Å². The summed E-state index contributed by atoms with van der Waals surface area (Å²) in [6.07, 6.45) is 5.88. The van der Waals surface area contributed by atoms with Gasteiger partial charge in [-0.2, -0.15) is 0 Å². The van der Waals surface area contributed by atoms with E-state index in [1.807, 2.05) is 35.0 Å². The number of amides is 1. The van der Waals surface area contributed by atoms with E-state index in [1.165, 1.54) is 13.2 Å². The number of ether oxygens (including phenoxy) is 1. The Hall–Kier alpha value is -3.58. The first-order valence-corrected chi connectivity index (χ1v) is 12.2. The number of aliphatic hydroxyl groups excluding tert-OH is 1. The SMILES string of the molecule is COc1ccc(C(O)=C2C(=O)C(=O)N(CCCn3ccnc3)C2c2ccc(C(C)(C)C)cc2)cc1Cl. The Balaban J connectivity index is 1.76. The minimum Gasteiger partial charge on any atom is -0.507 e. The highest BCUT2D eigenvalue weighted by molar-refractivity contribution is 6.46. The van der Waals surface area contributed by atoms with Crippen LogP contribution in [0.1, 0.15) is 49.9 Å². The smallest absolute Gasteiger partial charge is 0.295 e. The molecule has 8 heteroatoms. The zero-order valence-electron chi connectivity index (χ0n) is 20.9. The number of ketones is 1. The van der Waals surface area contributed by atoms with Gasteiger partial charge in [0.25, 0.3) is 11.7 Å². The first-order valence-electron chi connectivity index (χ1n) is 11.8. The van der Waals surface area contributed by atoms with E-state index in [2.05, 4.69) is 25.8 Å². The molecule has 1 aliphatic heterocycles. The molecular weight excluding hydrogens is 478 g/mol. The monoisotopic (exact) mass is 507 g/mol. The van der Waals surface area contributed by atoms with Crippen LogP contribution in [0.3, 0.4) is 0 Å². The molecule has 1 aliphatic rings. The molecule has 7 nitrogen and oxygen atoms in total. The van der Waals surface area contributed by atoms with E-state index < -0.39 is 17.7 Å². The third-order valence-corrected chi connectivity index (χ3v) is 6.73. The second-order valence-electron chi connectivity index (χ2n) is 9.87. The van der Waals surface area contributed by atoms with E-state index in [4.69, 9.17) is 16.3 Å². The van der Waals surface area contributed by atoms with E-state index in [9.17, 15) is 14.7 Å². The average Bonchev–Trinajstić information content (AvgIpc) is 3.45. The van der Waals surface area contributed by atoms with Crippen molar-refractivity contribution in [1.29, 1.82) is 0 Å². The minimum atomic E-state index is -0.720. The van der Waals surface area contributed by atoms with Gasteiger partial charge >= 0.3 is 0 Å². The lowest BCUT2D eigenvalue weighted by molar-refractivity contribution is -0.139. The molecule has 3 aromatic rings. The largest absolute Gasteiger partial charge is 0.507 e. The highest BCUT2D eigenvalue weighted by Gasteiger charge is 2.45. The number of rotatable bonds is 7. The molecule has 0 saturated carbocycles. The van der Waals surface area contributed by atoms with Gasteiger partial charge in [0.2, 0.25) is 0 Å². The molecular formula is C28H30ClN3O4. The van der Waals surface area contributed by atoms with Gasteiger partial charge < -0.3 is 19.3 Å². The van der Waals surface area contributed by atoms with E-state index in [-0.39, 0.29) is 16.7 Å². The Kier molecular flexibility index (Phi) is 7.22. The first-order chi connectivity index (χ1) is 17.1. The number of hydrogen-bond donors (Lipinski definition) is 1. The molecule has 0 spiro atoms. The standard InChI is InChI=1S/C28H30ClN3O4/c1-28(2,3)20-9-6-18(7-10-20)24-23(25(33)19-8-11-22(36-4)21(29)16-19)26(34)27(35)32(24)14-5-13-31-15-12-30-17-31/h6-12,15-17,24,33H,5,13-14H2,1-4H3. The Morgan fingerprint density at radius 2 is 1.83 bits per heavy atom.